The minimum absolute atomic E-state index is 0.213. The number of morpholine rings is 1. The lowest BCUT2D eigenvalue weighted by Crippen LogP contribution is -2.50. The molecule has 2 saturated heterocycles. The number of nitrogens with zero attached hydrogens (tertiary/aromatic N) is 2. The average molecular weight is 311 g/mol. The third-order valence-electron chi connectivity index (χ3n) is 5.34. The van der Waals surface area contributed by atoms with Crippen molar-refractivity contribution in [3.63, 3.8) is 0 Å². The van der Waals surface area contributed by atoms with Gasteiger partial charge in [0.2, 0.25) is 5.91 Å². The van der Waals surface area contributed by atoms with Crippen LogP contribution in [-0.4, -0.2) is 86.9 Å². The molecular weight excluding hydrogens is 282 g/mol. The molecule has 1 aliphatic carbocycles. The Morgan fingerprint density at radius 1 is 1.23 bits per heavy atom. The summed E-state index contributed by atoms with van der Waals surface area (Å²) in [5.41, 5.74) is 0. The first kappa shape index (κ1) is 16.2. The van der Waals surface area contributed by atoms with Crippen LogP contribution in [0.5, 0.6) is 0 Å². The number of nitrogens with one attached hydrogen (secondary N) is 1. The maximum absolute atomic E-state index is 12.3. The van der Waals surface area contributed by atoms with E-state index in [2.05, 4.69) is 10.2 Å². The Balaban J connectivity index is 1.46. The number of methoxy groups -OCH3 is 1. The van der Waals surface area contributed by atoms with Gasteiger partial charge in [0.05, 0.1) is 25.9 Å². The van der Waals surface area contributed by atoms with Crippen LogP contribution in [0, 0.1) is 0 Å². The van der Waals surface area contributed by atoms with Crippen molar-refractivity contribution in [2.75, 3.05) is 53.0 Å². The predicted octanol–water partition coefficient (Wildman–Crippen LogP) is 0.0766. The summed E-state index contributed by atoms with van der Waals surface area (Å²) in [7, 11) is 1.81. The maximum Gasteiger partial charge on any atom is 0.236 e. The van der Waals surface area contributed by atoms with E-state index in [1.54, 1.807) is 7.11 Å². The lowest BCUT2D eigenvalue weighted by atomic mass is 10.1. The molecule has 2 aliphatic heterocycles. The van der Waals surface area contributed by atoms with Gasteiger partial charge in [-0.25, -0.2) is 0 Å². The zero-order valence-electron chi connectivity index (χ0n) is 13.6. The third-order valence-corrected chi connectivity index (χ3v) is 5.34. The molecule has 3 aliphatic rings. The SMILES string of the molecule is COC1CCN([C@H]2CCC[C@H]2NCC(=O)N2CCOCC2)C1. The van der Waals surface area contributed by atoms with Crippen LogP contribution in [0.1, 0.15) is 25.7 Å². The summed E-state index contributed by atoms with van der Waals surface area (Å²) in [5, 5.41) is 3.52. The van der Waals surface area contributed by atoms with E-state index in [4.69, 9.17) is 9.47 Å². The molecule has 0 radical (unpaired) electrons. The first-order chi connectivity index (χ1) is 10.8. The van der Waals surface area contributed by atoms with Crippen LogP contribution < -0.4 is 5.32 Å². The van der Waals surface area contributed by atoms with Gasteiger partial charge in [-0.05, 0) is 19.3 Å². The number of carbonyl (C=O) groups excluding carboxylic acids is 1. The fourth-order valence-corrected chi connectivity index (χ4v) is 4.01. The van der Waals surface area contributed by atoms with E-state index >= 15 is 0 Å². The van der Waals surface area contributed by atoms with Gasteiger partial charge in [-0.15, -0.1) is 0 Å². The Kier molecular flexibility index (Phi) is 5.68. The summed E-state index contributed by atoms with van der Waals surface area (Å²) in [6.45, 7) is 5.43. The molecule has 1 N–H and O–H groups in total. The van der Waals surface area contributed by atoms with E-state index in [0.29, 0.717) is 37.9 Å². The molecule has 3 fully saturated rings. The normalized spacial score (nSPS) is 33.5. The zero-order valence-corrected chi connectivity index (χ0v) is 13.6. The minimum Gasteiger partial charge on any atom is -0.380 e. The van der Waals surface area contributed by atoms with Gasteiger partial charge in [-0.1, -0.05) is 6.42 Å². The largest absolute Gasteiger partial charge is 0.380 e. The number of rotatable bonds is 5. The number of hydrogen-bond acceptors (Lipinski definition) is 5. The molecule has 6 nitrogen and oxygen atoms in total. The van der Waals surface area contributed by atoms with E-state index in [1.807, 2.05) is 4.90 Å². The third kappa shape index (κ3) is 3.79. The highest BCUT2D eigenvalue weighted by Crippen LogP contribution is 2.27. The summed E-state index contributed by atoms with van der Waals surface area (Å²) in [4.78, 5) is 16.7. The fourth-order valence-electron chi connectivity index (χ4n) is 4.01. The molecule has 0 spiro atoms. The molecular formula is C16H29N3O3. The lowest BCUT2D eigenvalue weighted by Gasteiger charge is -2.31. The molecule has 3 atom stereocenters. The summed E-state index contributed by atoms with van der Waals surface area (Å²) in [5.74, 6) is 0.213. The second-order valence-electron chi connectivity index (χ2n) is 6.62. The molecule has 0 aromatic carbocycles. The number of ether oxygens (including phenoxy) is 2. The lowest BCUT2D eigenvalue weighted by molar-refractivity contribution is -0.134. The summed E-state index contributed by atoms with van der Waals surface area (Å²) in [6, 6.07) is 1.01. The molecule has 3 rings (SSSR count). The van der Waals surface area contributed by atoms with Crippen molar-refractivity contribution in [3.05, 3.63) is 0 Å². The predicted molar refractivity (Wildman–Crippen MR) is 83.8 cm³/mol. The van der Waals surface area contributed by atoms with Gasteiger partial charge in [0.25, 0.3) is 0 Å². The van der Waals surface area contributed by atoms with E-state index in [1.165, 1.54) is 19.3 Å². The maximum atomic E-state index is 12.3. The summed E-state index contributed by atoms with van der Waals surface area (Å²) >= 11 is 0. The highest BCUT2D eigenvalue weighted by Gasteiger charge is 2.36. The van der Waals surface area contributed by atoms with E-state index in [-0.39, 0.29) is 5.91 Å². The minimum atomic E-state index is 0.213. The molecule has 0 aromatic heterocycles. The highest BCUT2D eigenvalue weighted by atomic mass is 16.5. The Morgan fingerprint density at radius 2 is 2.05 bits per heavy atom. The van der Waals surface area contributed by atoms with Crippen molar-refractivity contribution in [2.24, 2.45) is 0 Å². The van der Waals surface area contributed by atoms with Crippen LogP contribution in [0.2, 0.25) is 0 Å². The van der Waals surface area contributed by atoms with Crippen LogP contribution in [0.3, 0.4) is 0 Å². The molecule has 6 heteroatoms. The van der Waals surface area contributed by atoms with Crippen LogP contribution in [0.15, 0.2) is 0 Å². The Labute approximate surface area is 133 Å². The van der Waals surface area contributed by atoms with Crippen LogP contribution >= 0.6 is 0 Å². The van der Waals surface area contributed by atoms with Crippen molar-refractivity contribution >= 4 is 5.91 Å². The van der Waals surface area contributed by atoms with Crippen molar-refractivity contribution in [1.82, 2.24) is 15.1 Å². The van der Waals surface area contributed by atoms with Gasteiger partial charge in [0.1, 0.15) is 0 Å². The number of amides is 1. The van der Waals surface area contributed by atoms with Crippen LogP contribution in [0.25, 0.3) is 0 Å². The second-order valence-corrected chi connectivity index (χ2v) is 6.62. The van der Waals surface area contributed by atoms with Crippen molar-refractivity contribution in [1.29, 1.82) is 0 Å². The smallest absolute Gasteiger partial charge is 0.236 e. The van der Waals surface area contributed by atoms with Crippen molar-refractivity contribution in [2.45, 2.75) is 43.9 Å². The van der Waals surface area contributed by atoms with Crippen molar-refractivity contribution in [3.8, 4) is 0 Å². The first-order valence-electron chi connectivity index (χ1n) is 8.63. The van der Waals surface area contributed by atoms with Gasteiger partial charge in [-0.2, -0.15) is 0 Å². The first-order valence-corrected chi connectivity index (χ1v) is 8.63. The molecule has 2 heterocycles. The molecule has 1 unspecified atom stereocenters. The monoisotopic (exact) mass is 311 g/mol. The number of hydrogen-bond donors (Lipinski definition) is 1. The second kappa shape index (κ2) is 7.73. The molecule has 1 saturated carbocycles. The van der Waals surface area contributed by atoms with Gasteiger partial charge in [-0.3, -0.25) is 9.69 Å². The van der Waals surface area contributed by atoms with E-state index < -0.39 is 0 Å². The Morgan fingerprint density at radius 3 is 2.77 bits per heavy atom. The zero-order chi connectivity index (χ0) is 15.4. The van der Waals surface area contributed by atoms with Gasteiger partial charge >= 0.3 is 0 Å². The van der Waals surface area contributed by atoms with Gasteiger partial charge < -0.3 is 19.7 Å². The highest BCUT2D eigenvalue weighted by molar-refractivity contribution is 5.78. The molecule has 22 heavy (non-hydrogen) atoms. The van der Waals surface area contributed by atoms with Gasteiger partial charge in [0, 0.05) is 45.4 Å². The quantitative estimate of drug-likeness (QED) is 0.779. The molecule has 126 valence electrons. The van der Waals surface area contributed by atoms with Crippen LogP contribution in [-0.2, 0) is 14.3 Å². The standard InChI is InChI=1S/C16H29N3O3/c1-21-13-5-6-19(12-13)15-4-2-3-14(15)17-11-16(20)18-7-9-22-10-8-18/h13-15,17H,2-12H2,1H3/t13?,14-,15+/m1/s1. The average Bonchev–Trinajstić information content (AvgIpc) is 3.21. The number of likely N-dealkylation sites (tertiary alicyclic amines) is 1. The fraction of sp³-hybridized carbons (Fsp3) is 0.938. The topological polar surface area (TPSA) is 54.0 Å². The summed E-state index contributed by atoms with van der Waals surface area (Å²) in [6.07, 6.45) is 5.18. The van der Waals surface area contributed by atoms with Crippen molar-refractivity contribution < 1.29 is 14.3 Å². The Hall–Kier alpha value is -0.690. The summed E-state index contributed by atoms with van der Waals surface area (Å²) < 4.78 is 10.8. The molecule has 1 amide bonds. The Bertz CT molecular complexity index is 374. The molecule has 0 bridgehead atoms. The van der Waals surface area contributed by atoms with E-state index in [0.717, 1.165) is 32.6 Å². The molecule has 0 aromatic rings. The number of carbonyl (C=O) groups is 1. The van der Waals surface area contributed by atoms with E-state index in [9.17, 15) is 4.79 Å². The van der Waals surface area contributed by atoms with Gasteiger partial charge in [0.15, 0.2) is 0 Å². The van der Waals surface area contributed by atoms with Crippen LogP contribution in [0.4, 0.5) is 0 Å².